The molecule has 5 rings (SSSR count). The van der Waals surface area contributed by atoms with Gasteiger partial charge in [-0.25, -0.2) is 9.97 Å². The zero-order chi connectivity index (χ0) is 25.6. The molecule has 0 atom stereocenters. The maximum absolute atomic E-state index is 4.78. The second kappa shape index (κ2) is 14.8. The second-order valence-corrected chi connectivity index (χ2v) is 8.68. The number of aliphatic imine (C=N–C) groups is 1. The second-order valence-electron chi connectivity index (χ2n) is 8.68. The quantitative estimate of drug-likeness (QED) is 0.314. The van der Waals surface area contributed by atoms with Gasteiger partial charge >= 0.3 is 0 Å². The van der Waals surface area contributed by atoms with Gasteiger partial charge in [0.05, 0.1) is 0 Å². The summed E-state index contributed by atoms with van der Waals surface area (Å²) in [7, 11) is 1.78. The minimum atomic E-state index is 0.916. The molecule has 190 valence electrons. The molecule has 6 nitrogen and oxygen atoms in total. The number of anilines is 1. The minimum absolute atomic E-state index is 0.916. The van der Waals surface area contributed by atoms with Gasteiger partial charge in [0.25, 0.3) is 0 Å². The molecule has 1 saturated heterocycles. The fourth-order valence-electron chi connectivity index (χ4n) is 4.32. The van der Waals surface area contributed by atoms with Gasteiger partial charge in [-0.05, 0) is 57.2 Å². The van der Waals surface area contributed by atoms with Gasteiger partial charge in [-0.2, -0.15) is 0 Å². The van der Waals surface area contributed by atoms with Gasteiger partial charge < -0.3 is 9.88 Å². The van der Waals surface area contributed by atoms with E-state index in [9.17, 15) is 0 Å². The maximum Gasteiger partial charge on any atom is 0.132 e. The number of aromatic amines is 1. The van der Waals surface area contributed by atoms with Crippen molar-refractivity contribution in [2.24, 2.45) is 4.99 Å². The SMILES string of the molecule is CC.CN=Cc1c[nH]c2ccccc12.Cc1cc(N2CCCCC2)nc(CCCc2ccccn2)n1. The number of pyridine rings is 1. The molecule has 0 spiro atoms. The third-order valence-corrected chi connectivity index (χ3v) is 6.02. The van der Waals surface area contributed by atoms with Crippen LogP contribution in [0.5, 0.6) is 0 Å². The summed E-state index contributed by atoms with van der Waals surface area (Å²) in [5.74, 6) is 2.08. The van der Waals surface area contributed by atoms with Crippen molar-refractivity contribution in [3.63, 3.8) is 0 Å². The van der Waals surface area contributed by atoms with Gasteiger partial charge in [-0.15, -0.1) is 0 Å². The molecule has 1 fully saturated rings. The largest absolute Gasteiger partial charge is 0.361 e. The third-order valence-electron chi connectivity index (χ3n) is 6.02. The van der Waals surface area contributed by atoms with Crippen LogP contribution in [0.4, 0.5) is 5.82 Å². The van der Waals surface area contributed by atoms with E-state index in [1.54, 1.807) is 7.05 Å². The van der Waals surface area contributed by atoms with Crippen molar-refractivity contribution in [2.45, 2.75) is 59.3 Å². The van der Waals surface area contributed by atoms with Crippen LogP contribution in [0.25, 0.3) is 10.9 Å². The lowest BCUT2D eigenvalue weighted by molar-refractivity contribution is 0.571. The Morgan fingerprint density at radius 2 is 1.75 bits per heavy atom. The number of piperidine rings is 1. The first-order valence-electron chi connectivity index (χ1n) is 13.2. The lowest BCUT2D eigenvalue weighted by atomic mass is 10.1. The Morgan fingerprint density at radius 1 is 0.972 bits per heavy atom. The van der Waals surface area contributed by atoms with Crippen molar-refractivity contribution in [1.82, 2.24) is 19.9 Å². The fourth-order valence-corrected chi connectivity index (χ4v) is 4.32. The van der Waals surface area contributed by atoms with Gasteiger partial charge in [0, 0.05) is 79.1 Å². The normalized spacial score (nSPS) is 13.2. The van der Waals surface area contributed by atoms with Crippen LogP contribution in [0.1, 0.15) is 62.3 Å². The van der Waals surface area contributed by atoms with Gasteiger partial charge in [-0.3, -0.25) is 9.98 Å². The van der Waals surface area contributed by atoms with E-state index < -0.39 is 0 Å². The molecule has 0 amide bonds. The topological polar surface area (TPSA) is 70.1 Å². The number of benzene rings is 1. The Labute approximate surface area is 216 Å². The molecule has 0 aliphatic carbocycles. The van der Waals surface area contributed by atoms with Crippen LogP contribution >= 0.6 is 0 Å². The van der Waals surface area contributed by atoms with E-state index in [1.165, 1.54) is 24.6 Å². The summed E-state index contributed by atoms with van der Waals surface area (Å²) in [6.45, 7) is 8.32. The van der Waals surface area contributed by atoms with Gasteiger partial charge in [-0.1, -0.05) is 38.1 Å². The van der Waals surface area contributed by atoms with E-state index in [4.69, 9.17) is 4.98 Å². The van der Waals surface area contributed by atoms with E-state index in [1.807, 2.05) is 56.7 Å². The molecule has 6 heteroatoms. The molecule has 0 bridgehead atoms. The number of nitrogens with zero attached hydrogens (tertiary/aromatic N) is 5. The molecular formula is C30H40N6. The average Bonchev–Trinajstić information content (AvgIpc) is 3.34. The van der Waals surface area contributed by atoms with Crippen LogP contribution in [0.2, 0.25) is 0 Å². The highest BCUT2D eigenvalue weighted by Gasteiger charge is 2.13. The molecule has 0 unspecified atom stereocenters. The number of nitrogens with one attached hydrogen (secondary N) is 1. The molecule has 0 saturated carbocycles. The van der Waals surface area contributed by atoms with E-state index >= 15 is 0 Å². The first kappa shape index (κ1) is 27.1. The molecule has 36 heavy (non-hydrogen) atoms. The Bertz CT molecular complexity index is 1190. The highest BCUT2D eigenvalue weighted by molar-refractivity contribution is 5.98. The van der Waals surface area contributed by atoms with Crippen LogP contribution in [0, 0.1) is 6.92 Å². The number of para-hydroxylation sites is 1. The smallest absolute Gasteiger partial charge is 0.132 e. The van der Waals surface area contributed by atoms with Gasteiger partial charge in [0.2, 0.25) is 0 Å². The monoisotopic (exact) mass is 484 g/mol. The number of fused-ring (bicyclic) bond motifs is 1. The summed E-state index contributed by atoms with van der Waals surface area (Å²) in [5, 5.41) is 1.23. The highest BCUT2D eigenvalue weighted by atomic mass is 15.2. The Hall–Kier alpha value is -3.54. The van der Waals surface area contributed by atoms with Crippen molar-refractivity contribution in [3.8, 4) is 0 Å². The van der Waals surface area contributed by atoms with Crippen LogP contribution in [-0.2, 0) is 12.8 Å². The predicted molar refractivity (Wildman–Crippen MR) is 152 cm³/mol. The molecule has 1 aromatic carbocycles. The molecular weight excluding hydrogens is 444 g/mol. The minimum Gasteiger partial charge on any atom is -0.361 e. The summed E-state index contributed by atoms with van der Waals surface area (Å²) in [4.78, 5) is 23.3. The van der Waals surface area contributed by atoms with Crippen molar-refractivity contribution < 1.29 is 0 Å². The zero-order valence-electron chi connectivity index (χ0n) is 22.2. The van der Waals surface area contributed by atoms with Crippen molar-refractivity contribution >= 4 is 22.9 Å². The standard InChI is InChI=1S/C18H24N4.C10H10N2.C2H6/c1-15-14-18(22-12-5-2-6-13-22)21-17(20-15)10-7-9-16-8-3-4-11-19-16;1-11-6-8-7-12-10-5-3-2-4-9(8)10;1-2/h3-4,8,11,14H,2,5-7,9-10,12-13H2,1H3;2-7,12H,1H3;1-2H3. The Balaban J connectivity index is 0.000000217. The number of aromatic nitrogens is 4. The summed E-state index contributed by atoms with van der Waals surface area (Å²) in [5.41, 5.74) is 4.52. The zero-order valence-corrected chi connectivity index (χ0v) is 22.2. The Morgan fingerprint density at radius 3 is 2.50 bits per heavy atom. The molecule has 1 aliphatic rings. The number of aryl methyl sites for hydroxylation is 3. The molecule has 3 aromatic heterocycles. The van der Waals surface area contributed by atoms with Crippen molar-refractivity contribution in [1.29, 1.82) is 0 Å². The van der Waals surface area contributed by atoms with E-state index in [0.29, 0.717) is 0 Å². The van der Waals surface area contributed by atoms with E-state index in [0.717, 1.165) is 66.5 Å². The van der Waals surface area contributed by atoms with Crippen LogP contribution in [0.15, 0.2) is 65.9 Å². The van der Waals surface area contributed by atoms with Gasteiger partial charge in [0.15, 0.2) is 0 Å². The van der Waals surface area contributed by atoms with Crippen LogP contribution < -0.4 is 4.90 Å². The van der Waals surface area contributed by atoms with Gasteiger partial charge in [0.1, 0.15) is 11.6 Å². The molecule has 1 aliphatic heterocycles. The first-order chi connectivity index (χ1) is 17.7. The van der Waals surface area contributed by atoms with Crippen LogP contribution in [0.3, 0.4) is 0 Å². The maximum atomic E-state index is 4.78. The van der Waals surface area contributed by atoms with Crippen molar-refractivity contribution in [3.05, 3.63) is 83.7 Å². The number of rotatable bonds is 6. The molecule has 0 radical (unpaired) electrons. The van der Waals surface area contributed by atoms with Crippen molar-refractivity contribution in [2.75, 3.05) is 25.0 Å². The fraction of sp³-hybridized carbons (Fsp3) is 0.400. The van der Waals surface area contributed by atoms with E-state index in [-0.39, 0.29) is 0 Å². The molecule has 4 aromatic rings. The highest BCUT2D eigenvalue weighted by Crippen LogP contribution is 2.19. The summed E-state index contributed by atoms with van der Waals surface area (Å²) in [6, 6.07) is 16.4. The van der Waals surface area contributed by atoms with Crippen LogP contribution in [-0.4, -0.2) is 46.3 Å². The van der Waals surface area contributed by atoms with E-state index in [2.05, 4.69) is 56.0 Å². The summed E-state index contributed by atoms with van der Waals surface area (Å²) >= 11 is 0. The lowest BCUT2D eigenvalue weighted by Gasteiger charge is -2.28. The number of hydrogen-bond acceptors (Lipinski definition) is 5. The average molecular weight is 485 g/mol. The molecule has 4 heterocycles. The number of H-pyrrole nitrogens is 1. The third kappa shape index (κ3) is 8.01. The molecule has 1 N–H and O–H groups in total. The summed E-state index contributed by atoms with van der Waals surface area (Å²) in [6.07, 6.45) is 12.5. The lowest BCUT2D eigenvalue weighted by Crippen LogP contribution is -2.30. The number of hydrogen-bond donors (Lipinski definition) is 1. The first-order valence-corrected chi connectivity index (χ1v) is 13.2. The Kier molecular flexibility index (Phi) is 11.1. The predicted octanol–water partition coefficient (Wildman–Crippen LogP) is 6.59. The summed E-state index contributed by atoms with van der Waals surface area (Å²) < 4.78 is 0.